The van der Waals surface area contributed by atoms with Crippen LogP contribution in [0.25, 0.3) is 11.0 Å². The molecule has 3 heterocycles. The van der Waals surface area contributed by atoms with Crippen molar-refractivity contribution >= 4 is 28.7 Å². The summed E-state index contributed by atoms with van der Waals surface area (Å²) in [7, 11) is 0. The van der Waals surface area contributed by atoms with E-state index in [0.29, 0.717) is 5.75 Å². The number of hydrogen-bond acceptors (Lipinski definition) is 5. The molecule has 0 saturated carbocycles. The Kier molecular flexibility index (Phi) is 4.25. The summed E-state index contributed by atoms with van der Waals surface area (Å²) in [6.07, 6.45) is 1.93. The van der Waals surface area contributed by atoms with Crippen LogP contribution in [0.3, 0.4) is 0 Å². The van der Waals surface area contributed by atoms with E-state index >= 15 is 0 Å². The highest BCUT2D eigenvalue weighted by Crippen LogP contribution is 2.32. The number of fused-ring (bicyclic) bond motifs is 1. The quantitative estimate of drug-likeness (QED) is 0.723. The summed E-state index contributed by atoms with van der Waals surface area (Å²) in [6.45, 7) is 4.70. The van der Waals surface area contributed by atoms with Crippen molar-refractivity contribution in [3.05, 3.63) is 41.3 Å². The van der Waals surface area contributed by atoms with Gasteiger partial charge < -0.3 is 14.4 Å². The maximum absolute atomic E-state index is 12.7. The van der Waals surface area contributed by atoms with Gasteiger partial charge in [-0.25, -0.2) is 4.98 Å². The van der Waals surface area contributed by atoms with Crippen LogP contribution >= 0.6 is 11.8 Å². The Balaban J connectivity index is 1.43. The van der Waals surface area contributed by atoms with Gasteiger partial charge in [0.2, 0.25) is 5.91 Å². The largest absolute Gasteiger partial charge is 0.361 e. The van der Waals surface area contributed by atoms with Crippen molar-refractivity contribution in [1.82, 2.24) is 20.0 Å². The average molecular weight is 356 g/mol. The summed E-state index contributed by atoms with van der Waals surface area (Å²) < 4.78 is 5.17. The first-order valence-electron chi connectivity index (χ1n) is 8.42. The Hall–Kier alpha value is -2.28. The third-order valence-corrected chi connectivity index (χ3v) is 5.37. The molecule has 0 spiro atoms. The summed E-state index contributed by atoms with van der Waals surface area (Å²) in [6, 6.07) is 8.06. The molecular formula is C18H20N4O2S. The van der Waals surface area contributed by atoms with Crippen LogP contribution in [0.1, 0.15) is 35.9 Å². The van der Waals surface area contributed by atoms with Crippen LogP contribution in [0.5, 0.6) is 0 Å². The molecule has 1 aliphatic heterocycles. The van der Waals surface area contributed by atoms with Crippen LogP contribution in [0, 0.1) is 13.8 Å². The van der Waals surface area contributed by atoms with Gasteiger partial charge in [-0.2, -0.15) is 0 Å². The van der Waals surface area contributed by atoms with Gasteiger partial charge in [-0.05, 0) is 44.4 Å². The second-order valence-electron chi connectivity index (χ2n) is 6.46. The number of aryl methyl sites for hydroxylation is 2. The number of carbonyl (C=O) groups is 1. The number of nitrogens with zero attached hydrogens (tertiary/aromatic N) is 3. The number of imidazole rings is 1. The molecule has 2 aromatic heterocycles. The fourth-order valence-corrected chi connectivity index (χ4v) is 4.07. The third-order valence-electron chi connectivity index (χ3n) is 4.51. The number of aromatic nitrogens is 3. The minimum absolute atomic E-state index is 0.0314. The van der Waals surface area contributed by atoms with Crippen LogP contribution in [-0.2, 0) is 4.79 Å². The van der Waals surface area contributed by atoms with Crippen molar-refractivity contribution < 1.29 is 9.32 Å². The molecule has 1 N–H and O–H groups in total. The summed E-state index contributed by atoms with van der Waals surface area (Å²) in [5.41, 5.74) is 3.98. The van der Waals surface area contributed by atoms with Gasteiger partial charge in [-0.3, -0.25) is 4.79 Å². The third kappa shape index (κ3) is 3.28. The van der Waals surface area contributed by atoms with E-state index in [9.17, 15) is 4.79 Å². The Morgan fingerprint density at radius 1 is 1.40 bits per heavy atom. The molecule has 7 heteroatoms. The molecule has 4 rings (SSSR count). The Morgan fingerprint density at radius 2 is 2.28 bits per heavy atom. The highest BCUT2D eigenvalue weighted by Gasteiger charge is 2.32. The SMILES string of the molecule is Cc1ccc2nc(SCC(=O)N3CCC[C@H]3c3cc(C)on3)[nH]c2c1. The number of amides is 1. The lowest BCUT2D eigenvalue weighted by Gasteiger charge is -2.22. The maximum Gasteiger partial charge on any atom is 0.233 e. The molecule has 1 aliphatic rings. The molecule has 25 heavy (non-hydrogen) atoms. The zero-order valence-electron chi connectivity index (χ0n) is 14.3. The van der Waals surface area contributed by atoms with E-state index in [2.05, 4.69) is 28.1 Å². The summed E-state index contributed by atoms with van der Waals surface area (Å²) >= 11 is 1.45. The smallest absolute Gasteiger partial charge is 0.233 e. The zero-order chi connectivity index (χ0) is 17.4. The van der Waals surface area contributed by atoms with E-state index in [1.807, 2.05) is 30.0 Å². The second-order valence-corrected chi connectivity index (χ2v) is 7.42. The Morgan fingerprint density at radius 3 is 3.08 bits per heavy atom. The van der Waals surface area contributed by atoms with E-state index in [4.69, 9.17) is 4.52 Å². The summed E-state index contributed by atoms with van der Waals surface area (Å²) in [5, 5.41) is 4.87. The highest BCUT2D eigenvalue weighted by atomic mass is 32.2. The van der Waals surface area contributed by atoms with Crippen molar-refractivity contribution in [2.45, 2.75) is 37.9 Å². The van der Waals surface area contributed by atoms with Crippen molar-refractivity contribution in [2.24, 2.45) is 0 Å². The van der Waals surface area contributed by atoms with Crippen molar-refractivity contribution in [3.8, 4) is 0 Å². The topological polar surface area (TPSA) is 75.0 Å². The Bertz CT molecular complexity index is 917. The van der Waals surface area contributed by atoms with Crippen LogP contribution in [0.15, 0.2) is 33.9 Å². The molecule has 1 amide bonds. The van der Waals surface area contributed by atoms with Gasteiger partial charge in [-0.15, -0.1) is 0 Å². The number of aromatic amines is 1. The molecule has 1 atom stereocenters. The predicted octanol–water partition coefficient (Wildman–Crippen LogP) is 3.62. The van der Waals surface area contributed by atoms with Gasteiger partial charge in [0, 0.05) is 12.6 Å². The molecule has 0 unspecified atom stereocenters. The Labute approximate surface area is 150 Å². The van der Waals surface area contributed by atoms with Crippen LogP contribution in [0.4, 0.5) is 0 Å². The summed E-state index contributed by atoms with van der Waals surface area (Å²) in [4.78, 5) is 22.4. The van der Waals surface area contributed by atoms with E-state index in [1.54, 1.807) is 0 Å². The van der Waals surface area contributed by atoms with E-state index in [0.717, 1.165) is 47.0 Å². The fourth-order valence-electron chi connectivity index (χ4n) is 3.30. The molecule has 0 radical (unpaired) electrons. The van der Waals surface area contributed by atoms with Crippen molar-refractivity contribution in [2.75, 3.05) is 12.3 Å². The monoisotopic (exact) mass is 356 g/mol. The minimum atomic E-state index is 0.0314. The normalized spacial score (nSPS) is 17.5. The van der Waals surface area contributed by atoms with E-state index in [1.165, 1.54) is 17.3 Å². The maximum atomic E-state index is 12.7. The van der Waals surface area contributed by atoms with Crippen molar-refractivity contribution in [1.29, 1.82) is 0 Å². The van der Waals surface area contributed by atoms with Gasteiger partial charge in [0.25, 0.3) is 0 Å². The molecule has 1 fully saturated rings. The molecule has 0 aliphatic carbocycles. The lowest BCUT2D eigenvalue weighted by molar-refractivity contribution is -0.129. The van der Waals surface area contributed by atoms with Crippen LogP contribution < -0.4 is 0 Å². The second kappa shape index (κ2) is 6.55. The van der Waals surface area contributed by atoms with Gasteiger partial charge in [0.1, 0.15) is 11.5 Å². The molecule has 6 nitrogen and oxygen atoms in total. The van der Waals surface area contributed by atoms with Gasteiger partial charge >= 0.3 is 0 Å². The minimum Gasteiger partial charge on any atom is -0.361 e. The highest BCUT2D eigenvalue weighted by molar-refractivity contribution is 7.99. The number of thioether (sulfide) groups is 1. The number of carbonyl (C=O) groups excluding carboxylic acids is 1. The first-order valence-corrected chi connectivity index (χ1v) is 9.40. The van der Waals surface area contributed by atoms with Gasteiger partial charge in [0.05, 0.1) is 22.8 Å². The van der Waals surface area contributed by atoms with Crippen LogP contribution in [-0.4, -0.2) is 38.2 Å². The molecule has 1 saturated heterocycles. The molecular weight excluding hydrogens is 336 g/mol. The van der Waals surface area contributed by atoms with Crippen LogP contribution in [0.2, 0.25) is 0 Å². The standard InChI is InChI=1S/C18H20N4O2S/c1-11-5-6-13-14(8-11)20-18(19-13)25-10-17(23)22-7-3-4-16(22)15-9-12(2)24-21-15/h5-6,8-9,16H,3-4,7,10H2,1-2H3,(H,19,20)/t16-/m0/s1. The number of H-pyrrole nitrogens is 1. The lowest BCUT2D eigenvalue weighted by atomic mass is 10.1. The number of nitrogens with one attached hydrogen (secondary N) is 1. The average Bonchev–Trinajstić information content (AvgIpc) is 3.30. The number of likely N-dealkylation sites (tertiary alicyclic amines) is 1. The molecule has 1 aromatic carbocycles. The number of benzene rings is 1. The predicted molar refractivity (Wildman–Crippen MR) is 96.5 cm³/mol. The molecule has 0 bridgehead atoms. The van der Waals surface area contributed by atoms with E-state index < -0.39 is 0 Å². The zero-order valence-corrected chi connectivity index (χ0v) is 15.1. The first-order chi connectivity index (χ1) is 12.1. The summed E-state index contributed by atoms with van der Waals surface area (Å²) in [5.74, 6) is 1.26. The van der Waals surface area contributed by atoms with Crippen molar-refractivity contribution in [3.63, 3.8) is 0 Å². The first kappa shape index (κ1) is 16.2. The fraction of sp³-hybridized carbons (Fsp3) is 0.389. The van der Waals surface area contributed by atoms with E-state index in [-0.39, 0.29) is 11.9 Å². The number of rotatable bonds is 4. The van der Waals surface area contributed by atoms with Gasteiger partial charge in [0.15, 0.2) is 5.16 Å². The lowest BCUT2D eigenvalue weighted by Crippen LogP contribution is -2.32. The number of hydrogen-bond donors (Lipinski definition) is 1. The molecule has 3 aromatic rings. The molecule has 130 valence electrons. The van der Waals surface area contributed by atoms with Gasteiger partial charge in [-0.1, -0.05) is 23.0 Å².